The van der Waals surface area contributed by atoms with Crippen molar-refractivity contribution >= 4 is 23.4 Å². The molecule has 8 heteroatoms. The lowest BCUT2D eigenvalue weighted by molar-refractivity contribution is 0.0754. The second-order valence-electron chi connectivity index (χ2n) is 9.16. The molecular weight excluding hydrogens is 480 g/mol. The Balaban J connectivity index is 1.40. The second-order valence-corrected chi connectivity index (χ2v) is 9.60. The number of amides is 1. The molecule has 2 aliphatic rings. The highest BCUT2D eigenvalue weighted by Gasteiger charge is 2.46. The molecule has 1 saturated heterocycles. The van der Waals surface area contributed by atoms with E-state index in [9.17, 15) is 9.90 Å². The first-order valence-electron chi connectivity index (χ1n) is 12.1. The minimum absolute atomic E-state index is 0.0398. The number of piperidine rings is 1. The third kappa shape index (κ3) is 5.14. The standard InChI is InChI=1S/C28H29ClN2O5/c29-19-8-11-25-24(16-19)23-12-14-31(28(34)36-22-4-2-1-3-5-22)27(26(23)30-25)18-6-9-21(10-7-18)35-15-13-20(33)17-32/h1-11,16,20,23,26-27,30,32-33H,12-15,17H2/t20-,23?,26?,27-/m0/s1. The molecule has 0 spiro atoms. The Morgan fingerprint density at radius 1 is 1.08 bits per heavy atom. The van der Waals surface area contributed by atoms with E-state index in [1.807, 2.05) is 60.7 Å². The van der Waals surface area contributed by atoms with E-state index in [1.165, 1.54) is 5.56 Å². The Morgan fingerprint density at radius 2 is 1.86 bits per heavy atom. The quantitative estimate of drug-likeness (QED) is 0.416. The minimum atomic E-state index is -0.795. The topological polar surface area (TPSA) is 91.3 Å². The van der Waals surface area contributed by atoms with Crippen molar-refractivity contribution in [1.82, 2.24) is 4.90 Å². The highest BCUT2D eigenvalue weighted by Crippen LogP contribution is 2.48. The Hall–Kier alpha value is -3.26. The predicted octanol–water partition coefficient (Wildman–Crippen LogP) is 4.99. The van der Waals surface area contributed by atoms with Crippen molar-refractivity contribution < 1.29 is 24.5 Å². The van der Waals surface area contributed by atoms with E-state index < -0.39 is 12.2 Å². The van der Waals surface area contributed by atoms with Gasteiger partial charge in [0.05, 0.1) is 31.4 Å². The SMILES string of the molecule is O=C(Oc1ccccc1)N1CCC2c3cc(Cl)ccc3NC2[C@@H]1c1ccc(OCC[C@H](O)CO)cc1. The van der Waals surface area contributed by atoms with Gasteiger partial charge in [0.15, 0.2) is 0 Å². The number of hydrogen-bond acceptors (Lipinski definition) is 6. The number of nitrogens with zero attached hydrogens (tertiary/aromatic N) is 1. The number of likely N-dealkylation sites (tertiary alicyclic amines) is 1. The summed E-state index contributed by atoms with van der Waals surface area (Å²) in [7, 11) is 0. The molecule has 1 amide bonds. The monoisotopic (exact) mass is 508 g/mol. The zero-order valence-electron chi connectivity index (χ0n) is 19.7. The van der Waals surface area contributed by atoms with E-state index in [2.05, 4.69) is 5.32 Å². The fourth-order valence-corrected chi connectivity index (χ4v) is 5.28. The van der Waals surface area contributed by atoms with Crippen LogP contribution in [0.15, 0.2) is 72.8 Å². The first kappa shape index (κ1) is 24.4. The first-order chi connectivity index (χ1) is 17.5. The molecule has 1 fully saturated rings. The largest absolute Gasteiger partial charge is 0.493 e. The molecule has 0 radical (unpaired) electrons. The second kappa shape index (κ2) is 10.8. The molecule has 7 nitrogen and oxygen atoms in total. The van der Waals surface area contributed by atoms with Crippen molar-refractivity contribution in [2.75, 3.05) is 25.1 Å². The summed E-state index contributed by atoms with van der Waals surface area (Å²) in [5, 5.41) is 22.8. The van der Waals surface area contributed by atoms with Gasteiger partial charge in [0.2, 0.25) is 0 Å². The maximum absolute atomic E-state index is 13.4. The van der Waals surface area contributed by atoms with E-state index in [0.717, 1.165) is 17.7 Å². The molecule has 36 heavy (non-hydrogen) atoms. The lowest BCUT2D eigenvalue weighted by Crippen LogP contribution is -2.50. The number of rotatable bonds is 7. The number of fused-ring (bicyclic) bond motifs is 3. The number of anilines is 1. The molecule has 0 aliphatic carbocycles. The van der Waals surface area contributed by atoms with Crippen LogP contribution in [0.3, 0.4) is 0 Å². The van der Waals surface area contributed by atoms with Crippen LogP contribution in [0, 0.1) is 0 Å². The third-order valence-corrected chi connectivity index (χ3v) is 7.10. The van der Waals surface area contributed by atoms with Crippen molar-refractivity contribution in [1.29, 1.82) is 0 Å². The van der Waals surface area contributed by atoms with Gasteiger partial charge in [-0.2, -0.15) is 0 Å². The highest BCUT2D eigenvalue weighted by atomic mass is 35.5. The summed E-state index contributed by atoms with van der Waals surface area (Å²) in [6.45, 7) is 0.548. The number of nitrogens with one attached hydrogen (secondary N) is 1. The molecule has 0 saturated carbocycles. The van der Waals surface area contributed by atoms with Crippen LogP contribution in [0.2, 0.25) is 5.02 Å². The zero-order valence-corrected chi connectivity index (χ0v) is 20.5. The smallest absolute Gasteiger partial charge is 0.415 e. The van der Waals surface area contributed by atoms with Gasteiger partial charge in [0.25, 0.3) is 0 Å². The van der Waals surface area contributed by atoms with E-state index in [0.29, 0.717) is 36.1 Å². The zero-order chi connectivity index (χ0) is 25.1. The molecule has 0 aromatic heterocycles. The summed E-state index contributed by atoms with van der Waals surface area (Å²) in [5.74, 6) is 1.37. The van der Waals surface area contributed by atoms with Crippen LogP contribution in [0.25, 0.3) is 0 Å². The average Bonchev–Trinajstić information content (AvgIpc) is 3.27. The van der Waals surface area contributed by atoms with Gasteiger partial charge in [-0.05, 0) is 60.0 Å². The molecule has 4 atom stereocenters. The van der Waals surface area contributed by atoms with E-state index in [4.69, 9.17) is 26.2 Å². The molecule has 3 aromatic rings. The van der Waals surface area contributed by atoms with Gasteiger partial charge in [-0.1, -0.05) is 41.9 Å². The fraction of sp³-hybridized carbons (Fsp3) is 0.321. The van der Waals surface area contributed by atoms with E-state index >= 15 is 0 Å². The summed E-state index contributed by atoms with van der Waals surface area (Å²) < 4.78 is 11.4. The summed E-state index contributed by atoms with van der Waals surface area (Å²) >= 11 is 6.31. The maximum Gasteiger partial charge on any atom is 0.415 e. The molecule has 2 unspecified atom stereocenters. The van der Waals surface area contributed by atoms with Crippen molar-refractivity contribution in [2.45, 2.75) is 36.9 Å². The van der Waals surface area contributed by atoms with Crippen LogP contribution in [-0.4, -0.2) is 53.1 Å². The lowest BCUT2D eigenvalue weighted by Gasteiger charge is -2.42. The summed E-state index contributed by atoms with van der Waals surface area (Å²) in [6.07, 6.45) is -0.0520. The number of halogens is 1. The maximum atomic E-state index is 13.4. The average molecular weight is 509 g/mol. The van der Waals surface area contributed by atoms with Gasteiger partial charge < -0.3 is 25.0 Å². The van der Waals surface area contributed by atoms with Gasteiger partial charge in [-0.25, -0.2) is 4.79 Å². The fourth-order valence-electron chi connectivity index (χ4n) is 5.10. The summed E-state index contributed by atoms with van der Waals surface area (Å²) in [4.78, 5) is 15.1. The number of para-hydroxylation sites is 1. The third-order valence-electron chi connectivity index (χ3n) is 6.86. The number of carbonyl (C=O) groups is 1. The number of benzene rings is 3. The molecule has 0 bridgehead atoms. The summed E-state index contributed by atoms with van der Waals surface area (Å²) in [6, 6.07) is 22.3. The van der Waals surface area contributed by atoms with Crippen LogP contribution < -0.4 is 14.8 Å². The van der Waals surface area contributed by atoms with Crippen LogP contribution in [0.4, 0.5) is 10.5 Å². The number of aliphatic hydroxyl groups excluding tert-OH is 2. The number of hydrogen-bond donors (Lipinski definition) is 3. The molecule has 3 aromatic carbocycles. The van der Waals surface area contributed by atoms with E-state index in [1.54, 1.807) is 17.0 Å². The first-order valence-corrected chi connectivity index (χ1v) is 12.5. The molecule has 2 heterocycles. The highest BCUT2D eigenvalue weighted by molar-refractivity contribution is 6.30. The number of ether oxygens (including phenoxy) is 2. The molecule has 2 aliphatic heterocycles. The normalized spacial score (nSPS) is 21.2. The van der Waals surface area contributed by atoms with Crippen LogP contribution in [0.5, 0.6) is 11.5 Å². The van der Waals surface area contributed by atoms with Gasteiger partial charge >= 0.3 is 6.09 Å². The molecule has 188 valence electrons. The van der Waals surface area contributed by atoms with Gasteiger partial charge in [0, 0.05) is 29.6 Å². The van der Waals surface area contributed by atoms with Crippen LogP contribution in [0.1, 0.15) is 35.9 Å². The number of aliphatic hydroxyl groups is 2. The Kier molecular flexibility index (Phi) is 7.32. The lowest BCUT2D eigenvalue weighted by atomic mass is 9.81. The number of carbonyl (C=O) groups excluding carboxylic acids is 1. The minimum Gasteiger partial charge on any atom is -0.493 e. The van der Waals surface area contributed by atoms with Gasteiger partial charge in [-0.3, -0.25) is 4.90 Å². The molecule has 3 N–H and O–H groups in total. The Morgan fingerprint density at radius 3 is 2.61 bits per heavy atom. The van der Waals surface area contributed by atoms with Crippen molar-refractivity contribution in [3.63, 3.8) is 0 Å². The Bertz CT molecular complexity index is 1190. The molecule has 5 rings (SSSR count). The van der Waals surface area contributed by atoms with Crippen LogP contribution >= 0.6 is 11.6 Å². The van der Waals surface area contributed by atoms with Gasteiger partial charge in [0.1, 0.15) is 11.5 Å². The van der Waals surface area contributed by atoms with Crippen LogP contribution in [-0.2, 0) is 0 Å². The molecular formula is C28H29ClN2O5. The Labute approximate surface area is 215 Å². The van der Waals surface area contributed by atoms with Gasteiger partial charge in [-0.15, -0.1) is 0 Å². The van der Waals surface area contributed by atoms with E-state index in [-0.39, 0.29) is 24.6 Å². The van der Waals surface area contributed by atoms with Crippen molar-refractivity contribution in [3.05, 3.63) is 88.9 Å². The van der Waals surface area contributed by atoms with Crippen molar-refractivity contribution in [3.8, 4) is 11.5 Å². The van der Waals surface area contributed by atoms with Crippen molar-refractivity contribution in [2.24, 2.45) is 0 Å². The summed E-state index contributed by atoms with van der Waals surface area (Å²) in [5.41, 5.74) is 3.18. The predicted molar refractivity (Wildman–Crippen MR) is 138 cm³/mol.